The van der Waals surface area contributed by atoms with E-state index < -0.39 is 17.8 Å². The molecule has 0 spiro atoms. The summed E-state index contributed by atoms with van der Waals surface area (Å²) in [7, 11) is 0. The molecular weight excluding hydrogens is 419 g/mol. The highest BCUT2D eigenvalue weighted by Crippen LogP contribution is 2.37. The molecule has 4 aromatic rings. The Kier molecular flexibility index (Phi) is 5.17. The highest BCUT2D eigenvalue weighted by atomic mass is 19.1. The lowest BCUT2D eigenvalue weighted by Gasteiger charge is -2.16. The number of fused-ring (bicyclic) bond motifs is 3. The van der Waals surface area contributed by atoms with Crippen molar-refractivity contribution in [3.05, 3.63) is 89.2 Å². The number of aromatic nitrogens is 2. The lowest BCUT2D eigenvalue weighted by atomic mass is 10.1. The predicted octanol–water partition coefficient (Wildman–Crippen LogP) is 4.91. The van der Waals surface area contributed by atoms with Crippen molar-refractivity contribution in [2.45, 2.75) is 32.9 Å². The first-order valence-electron chi connectivity index (χ1n) is 10.8. The largest absolute Gasteiger partial charge is 0.324 e. The molecule has 1 N–H and O–H groups in total. The molecule has 0 saturated carbocycles. The van der Waals surface area contributed by atoms with Gasteiger partial charge in [-0.2, -0.15) is 0 Å². The Morgan fingerprint density at radius 2 is 1.76 bits per heavy atom. The average molecular weight is 442 g/mol. The van der Waals surface area contributed by atoms with Crippen molar-refractivity contribution in [2.24, 2.45) is 0 Å². The smallest absolute Gasteiger partial charge is 0.253 e. The van der Waals surface area contributed by atoms with Crippen molar-refractivity contribution in [3.8, 4) is 0 Å². The van der Waals surface area contributed by atoms with Gasteiger partial charge in [-0.05, 0) is 49.2 Å². The number of carbonyl (C=O) groups is 2. The van der Waals surface area contributed by atoms with Crippen LogP contribution in [0.2, 0.25) is 0 Å². The molecule has 1 aliphatic rings. The highest BCUT2D eigenvalue weighted by Gasteiger charge is 2.40. The average Bonchev–Trinajstić information content (AvgIpc) is 3.28. The number of anilines is 2. The van der Waals surface area contributed by atoms with E-state index in [2.05, 4.69) is 10.3 Å². The molecule has 0 saturated heterocycles. The van der Waals surface area contributed by atoms with Crippen LogP contribution in [-0.4, -0.2) is 21.4 Å². The van der Waals surface area contributed by atoms with Gasteiger partial charge in [0, 0.05) is 0 Å². The summed E-state index contributed by atoms with van der Waals surface area (Å²) in [5.41, 5.74) is 4.51. The summed E-state index contributed by atoms with van der Waals surface area (Å²) in [6, 6.07) is 19.4. The molecule has 33 heavy (non-hydrogen) atoms. The minimum Gasteiger partial charge on any atom is -0.324 e. The summed E-state index contributed by atoms with van der Waals surface area (Å²) in [6.07, 6.45) is -0.121. The van der Waals surface area contributed by atoms with Gasteiger partial charge in [0.05, 0.1) is 29.7 Å². The molecule has 2 heterocycles. The minimum atomic E-state index is -0.758. The van der Waals surface area contributed by atoms with E-state index in [1.54, 1.807) is 17.9 Å². The Morgan fingerprint density at radius 1 is 1.03 bits per heavy atom. The van der Waals surface area contributed by atoms with E-state index in [1.807, 2.05) is 60.0 Å². The van der Waals surface area contributed by atoms with Crippen LogP contribution in [0.3, 0.4) is 0 Å². The molecule has 0 unspecified atom stereocenters. The molecule has 5 rings (SSSR count). The van der Waals surface area contributed by atoms with Crippen molar-refractivity contribution >= 4 is 34.5 Å². The van der Waals surface area contributed by atoms with Crippen LogP contribution in [0.15, 0.2) is 66.7 Å². The molecule has 7 heteroatoms. The van der Waals surface area contributed by atoms with Gasteiger partial charge in [0.25, 0.3) is 5.91 Å². The molecule has 0 fully saturated rings. The van der Waals surface area contributed by atoms with E-state index in [0.717, 1.165) is 27.7 Å². The van der Waals surface area contributed by atoms with Crippen LogP contribution in [-0.2, 0) is 16.1 Å². The molecule has 3 aromatic carbocycles. The Labute approximate surface area is 190 Å². The van der Waals surface area contributed by atoms with Crippen LogP contribution in [0.4, 0.5) is 16.0 Å². The van der Waals surface area contributed by atoms with Crippen LogP contribution in [0.25, 0.3) is 11.0 Å². The van der Waals surface area contributed by atoms with Crippen LogP contribution in [0.1, 0.15) is 29.2 Å². The van der Waals surface area contributed by atoms with Crippen LogP contribution >= 0.6 is 0 Å². The third-order valence-corrected chi connectivity index (χ3v) is 5.92. The molecule has 1 aromatic heterocycles. The number of aryl methyl sites for hydroxylation is 2. The zero-order valence-electron chi connectivity index (χ0n) is 18.4. The summed E-state index contributed by atoms with van der Waals surface area (Å²) >= 11 is 0. The summed E-state index contributed by atoms with van der Waals surface area (Å²) in [4.78, 5) is 32.6. The Bertz CT molecular complexity index is 1380. The number of rotatable bonds is 5. The molecule has 2 amide bonds. The SMILES string of the molecule is Cc1ccc(CN2C(=O)[C@H](CC(=O)Nc3ccc(C)cc3F)n3c2nc2ccccc23)cc1. The van der Waals surface area contributed by atoms with Crippen LogP contribution in [0, 0.1) is 19.7 Å². The number of imidazole rings is 1. The number of para-hydroxylation sites is 2. The van der Waals surface area contributed by atoms with Crippen molar-refractivity contribution < 1.29 is 14.0 Å². The van der Waals surface area contributed by atoms with Crippen molar-refractivity contribution in [2.75, 3.05) is 10.2 Å². The van der Waals surface area contributed by atoms with Gasteiger partial charge in [-0.1, -0.05) is 48.0 Å². The van der Waals surface area contributed by atoms with Crippen molar-refractivity contribution in [3.63, 3.8) is 0 Å². The summed E-state index contributed by atoms with van der Waals surface area (Å²) in [5, 5.41) is 2.61. The lowest BCUT2D eigenvalue weighted by Crippen LogP contribution is -2.31. The van der Waals surface area contributed by atoms with Gasteiger partial charge in [0.2, 0.25) is 11.9 Å². The molecule has 166 valence electrons. The number of hydrogen-bond acceptors (Lipinski definition) is 3. The Hall–Kier alpha value is -4.00. The second kappa shape index (κ2) is 8.16. The van der Waals surface area contributed by atoms with E-state index in [0.29, 0.717) is 12.5 Å². The molecule has 0 bridgehead atoms. The zero-order chi connectivity index (χ0) is 23.1. The fraction of sp³-hybridized carbons (Fsp3) is 0.192. The molecule has 1 aliphatic heterocycles. The maximum Gasteiger partial charge on any atom is 0.253 e. The number of nitrogens with zero attached hydrogens (tertiary/aromatic N) is 3. The first-order valence-corrected chi connectivity index (χ1v) is 10.8. The predicted molar refractivity (Wildman–Crippen MR) is 126 cm³/mol. The van der Waals surface area contributed by atoms with Gasteiger partial charge in [0.15, 0.2) is 0 Å². The zero-order valence-corrected chi connectivity index (χ0v) is 18.4. The molecular formula is C26H23FN4O2. The summed E-state index contributed by atoms with van der Waals surface area (Å²) in [5.74, 6) is -0.627. The van der Waals surface area contributed by atoms with Crippen molar-refractivity contribution in [1.82, 2.24) is 9.55 Å². The monoisotopic (exact) mass is 442 g/mol. The fourth-order valence-electron chi connectivity index (χ4n) is 4.22. The molecule has 0 radical (unpaired) electrons. The topological polar surface area (TPSA) is 67.2 Å². The van der Waals surface area contributed by atoms with Crippen molar-refractivity contribution in [1.29, 1.82) is 0 Å². The summed E-state index contributed by atoms with van der Waals surface area (Å²) in [6.45, 7) is 4.14. The molecule has 0 aliphatic carbocycles. The number of carbonyl (C=O) groups excluding carboxylic acids is 2. The maximum absolute atomic E-state index is 14.2. The van der Waals surface area contributed by atoms with Gasteiger partial charge in [-0.3, -0.25) is 19.1 Å². The first kappa shape index (κ1) is 20.9. The standard InChI is InChI=1S/C26H23FN4O2/c1-16-7-10-18(11-8-16)15-30-25(33)23(31-22-6-4-3-5-21(22)29-26(30)31)14-24(32)28-20-12-9-17(2)13-19(20)27/h3-13,23H,14-15H2,1-2H3,(H,28,32)/t23-/m0/s1. The number of nitrogens with one attached hydrogen (secondary N) is 1. The number of amides is 2. The second-order valence-electron chi connectivity index (χ2n) is 8.43. The summed E-state index contributed by atoms with van der Waals surface area (Å²) < 4.78 is 16.0. The van der Waals surface area contributed by atoms with Crippen LogP contribution in [0.5, 0.6) is 0 Å². The van der Waals surface area contributed by atoms with E-state index in [4.69, 9.17) is 0 Å². The van der Waals surface area contributed by atoms with Gasteiger partial charge in [0.1, 0.15) is 11.9 Å². The highest BCUT2D eigenvalue weighted by molar-refractivity contribution is 6.05. The molecule has 6 nitrogen and oxygen atoms in total. The normalized spacial score (nSPS) is 15.2. The van der Waals surface area contributed by atoms with Gasteiger partial charge in [-0.15, -0.1) is 0 Å². The second-order valence-corrected chi connectivity index (χ2v) is 8.43. The van der Waals surface area contributed by atoms with Gasteiger partial charge < -0.3 is 5.32 Å². The maximum atomic E-state index is 14.2. The third kappa shape index (κ3) is 3.86. The quantitative estimate of drug-likeness (QED) is 0.478. The van der Waals surface area contributed by atoms with Crippen LogP contribution < -0.4 is 10.2 Å². The molecule has 1 atom stereocenters. The van der Waals surface area contributed by atoms with Gasteiger partial charge >= 0.3 is 0 Å². The van der Waals surface area contributed by atoms with E-state index >= 15 is 0 Å². The number of hydrogen-bond donors (Lipinski definition) is 1. The first-order chi connectivity index (χ1) is 15.9. The van der Waals surface area contributed by atoms with E-state index in [-0.39, 0.29) is 18.0 Å². The van der Waals surface area contributed by atoms with Gasteiger partial charge in [-0.25, -0.2) is 9.37 Å². The number of benzene rings is 3. The Morgan fingerprint density at radius 3 is 2.52 bits per heavy atom. The minimum absolute atomic E-state index is 0.100. The number of halogens is 1. The van der Waals surface area contributed by atoms with E-state index in [1.165, 1.54) is 12.1 Å². The third-order valence-electron chi connectivity index (χ3n) is 5.92. The Balaban J connectivity index is 1.46. The lowest BCUT2D eigenvalue weighted by molar-refractivity contribution is -0.124. The van der Waals surface area contributed by atoms with E-state index in [9.17, 15) is 14.0 Å². The fourth-order valence-corrected chi connectivity index (χ4v) is 4.22.